The molecule has 6 heteroatoms. The third-order valence-electron chi connectivity index (χ3n) is 0.784. The maximum Gasteiger partial charge on any atom is 0.305 e. The van der Waals surface area contributed by atoms with Crippen molar-refractivity contribution >= 4 is 11.9 Å². The van der Waals surface area contributed by atoms with Gasteiger partial charge in [-0.05, 0) is 0 Å². The Morgan fingerprint density at radius 2 is 2.30 bits per heavy atom. The summed E-state index contributed by atoms with van der Waals surface area (Å²) in [6, 6.07) is 0. The maximum absolute atomic E-state index is 9.92. The van der Waals surface area contributed by atoms with Crippen LogP contribution < -0.4 is 16.9 Å². The molecule has 0 amide bonds. The normalized spacial score (nSPS) is 11.0. The minimum atomic E-state index is -0.891. The molecule has 6 nitrogen and oxygen atoms in total. The fourth-order valence-corrected chi connectivity index (χ4v) is 0.343. The first-order chi connectivity index (χ1) is 4.66. The van der Waals surface area contributed by atoms with Gasteiger partial charge in [-0.1, -0.05) is 0 Å². The van der Waals surface area contributed by atoms with Crippen LogP contribution in [0.2, 0.25) is 0 Å². The zero-order valence-electron chi connectivity index (χ0n) is 5.37. The van der Waals surface area contributed by atoms with Gasteiger partial charge in [-0.15, -0.1) is 5.10 Å². The van der Waals surface area contributed by atoms with Gasteiger partial charge in [0.05, 0.1) is 6.42 Å². The van der Waals surface area contributed by atoms with E-state index in [2.05, 4.69) is 10.4 Å². The minimum Gasteiger partial charge on any atom is -0.481 e. The van der Waals surface area contributed by atoms with E-state index in [0.29, 0.717) is 0 Å². The monoisotopic (exact) mass is 146 g/mol. The summed E-state index contributed by atoms with van der Waals surface area (Å²) in [5.41, 5.74) is 5.08. The largest absolute Gasteiger partial charge is 0.481 e. The number of aliphatic carboxylic acids is 1. The van der Waals surface area contributed by atoms with Gasteiger partial charge in [0.15, 0.2) is 0 Å². The minimum absolute atomic E-state index is 0.00375. The van der Waals surface area contributed by atoms with Crippen LogP contribution in [0.15, 0.2) is 5.10 Å². The molecule has 0 aliphatic rings. The topological polar surface area (TPSA) is 114 Å². The molecule has 0 aromatic heterocycles. The van der Waals surface area contributed by atoms with Crippen LogP contribution in [0.3, 0.4) is 0 Å². The Morgan fingerprint density at radius 3 is 2.70 bits per heavy atom. The highest BCUT2D eigenvalue weighted by molar-refractivity contribution is 5.78. The Morgan fingerprint density at radius 1 is 1.70 bits per heavy atom. The molecule has 58 valence electrons. The van der Waals surface area contributed by atoms with Crippen LogP contribution in [-0.4, -0.2) is 23.6 Å². The lowest BCUT2D eigenvalue weighted by molar-refractivity contribution is -0.136. The molecule has 0 saturated carbocycles. The molecule has 0 bridgehead atoms. The van der Waals surface area contributed by atoms with Crippen molar-refractivity contribution in [3.8, 4) is 0 Å². The highest BCUT2D eigenvalue weighted by Crippen LogP contribution is 1.73. The third-order valence-corrected chi connectivity index (χ3v) is 0.784. The number of hydrogen-bond acceptors (Lipinski definition) is 3. The second-order valence-electron chi connectivity index (χ2n) is 1.58. The molecule has 0 radical (unpaired) electrons. The molecule has 0 aromatic rings. The highest BCUT2D eigenvalue weighted by atomic mass is 16.4. The van der Waals surface area contributed by atoms with Gasteiger partial charge in [0, 0.05) is 6.54 Å². The summed E-state index contributed by atoms with van der Waals surface area (Å²) in [5.74, 6) is 3.89. The van der Waals surface area contributed by atoms with Gasteiger partial charge in [0.2, 0.25) is 5.96 Å². The molecule has 0 fully saturated rings. The van der Waals surface area contributed by atoms with E-state index in [4.69, 9.17) is 16.7 Å². The van der Waals surface area contributed by atoms with Crippen molar-refractivity contribution < 1.29 is 9.90 Å². The van der Waals surface area contributed by atoms with E-state index in [-0.39, 0.29) is 18.9 Å². The fourth-order valence-electron chi connectivity index (χ4n) is 0.343. The first kappa shape index (κ1) is 8.54. The van der Waals surface area contributed by atoms with Crippen LogP contribution in [0.1, 0.15) is 6.42 Å². The van der Waals surface area contributed by atoms with Gasteiger partial charge >= 0.3 is 5.97 Å². The van der Waals surface area contributed by atoms with Crippen LogP contribution in [0.5, 0.6) is 0 Å². The van der Waals surface area contributed by atoms with Crippen molar-refractivity contribution in [2.75, 3.05) is 6.54 Å². The van der Waals surface area contributed by atoms with Crippen LogP contribution in [0.4, 0.5) is 0 Å². The van der Waals surface area contributed by atoms with Gasteiger partial charge < -0.3 is 22.0 Å². The molecule has 0 spiro atoms. The Bertz CT molecular complexity index is 144. The van der Waals surface area contributed by atoms with Crippen molar-refractivity contribution in [3.63, 3.8) is 0 Å². The number of guanidine groups is 1. The number of hydrazone groups is 1. The quantitative estimate of drug-likeness (QED) is 0.163. The Hall–Kier alpha value is -1.46. The summed E-state index contributed by atoms with van der Waals surface area (Å²) in [6.45, 7) is 0.238. The zero-order valence-corrected chi connectivity index (χ0v) is 5.37. The molecule has 0 saturated heterocycles. The van der Waals surface area contributed by atoms with E-state index in [1.54, 1.807) is 0 Å². The number of carbonyl (C=O) groups is 1. The summed E-state index contributed by atoms with van der Waals surface area (Å²) in [5, 5.41) is 13.7. The molecule has 0 aliphatic carbocycles. The molecule has 0 atom stereocenters. The van der Waals surface area contributed by atoms with E-state index < -0.39 is 5.97 Å². The van der Waals surface area contributed by atoms with Gasteiger partial charge in [0.25, 0.3) is 0 Å². The van der Waals surface area contributed by atoms with Gasteiger partial charge in [-0.2, -0.15) is 0 Å². The average molecular weight is 146 g/mol. The van der Waals surface area contributed by atoms with Crippen LogP contribution in [0, 0.1) is 0 Å². The third kappa shape index (κ3) is 4.69. The second kappa shape index (κ2) is 4.42. The average Bonchev–Trinajstić information content (AvgIpc) is 1.87. The van der Waals surface area contributed by atoms with E-state index in [9.17, 15) is 4.79 Å². The molecule has 6 N–H and O–H groups in total. The molecular weight excluding hydrogens is 136 g/mol. The smallest absolute Gasteiger partial charge is 0.305 e. The molecule has 0 aliphatic heterocycles. The van der Waals surface area contributed by atoms with Crippen LogP contribution >= 0.6 is 0 Å². The summed E-state index contributed by atoms with van der Waals surface area (Å²) < 4.78 is 0. The zero-order chi connectivity index (χ0) is 7.98. The van der Waals surface area contributed by atoms with Crippen molar-refractivity contribution in [3.05, 3.63) is 0 Å². The number of carboxylic acid groups (broad SMARTS) is 1. The Labute approximate surface area is 57.9 Å². The van der Waals surface area contributed by atoms with E-state index in [1.807, 2.05) is 0 Å². The molecule has 0 unspecified atom stereocenters. The summed E-state index contributed by atoms with van der Waals surface area (Å²) in [7, 11) is 0. The van der Waals surface area contributed by atoms with Gasteiger partial charge in [-0.25, -0.2) is 0 Å². The lowest BCUT2D eigenvalue weighted by Gasteiger charge is -1.99. The summed E-state index contributed by atoms with van der Waals surface area (Å²) in [6.07, 6.45) is -0.00375. The lowest BCUT2D eigenvalue weighted by atomic mass is 10.4. The first-order valence-corrected chi connectivity index (χ1v) is 2.66. The van der Waals surface area contributed by atoms with E-state index >= 15 is 0 Å². The van der Waals surface area contributed by atoms with Crippen LogP contribution in [0.25, 0.3) is 0 Å². The summed E-state index contributed by atoms with van der Waals surface area (Å²) >= 11 is 0. The summed E-state index contributed by atoms with van der Waals surface area (Å²) in [4.78, 5) is 9.92. The predicted octanol–water partition coefficient (Wildman–Crippen LogP) is -1.76. The Kier molecular flexibility index (Phi) is 3.78. The van der Waals surface area contributed by atoms with E-state index in [1.165, 1.54) is 0 Å². The molecular formula is C4H10N4O2. The number of nitrogens with two attached hydrogens (primary N) is 2. The molecule has 10 heavy (non-hydrogen) atoms. The van der Waals surface area contributed by atoms with Crippen molar-refractivity contribution in [2.24, 2.45) is 16.7 Å². The number of nitrogens with zero attached hydrogens (tertiary/aromatic N) is 1. The first-order valence-electron chi connectivity index (χ1n) is 2.66. The predicted molar refractivity (Wildman–Crippen MR) is 36.1 cm³/mol. The lowest BCUT2D eigenvalue weighted by Crippen LogP contribution is -2.34. The van der Waals surface area contributed by atoms with Crippen molar-refractivity contribution in [1.29, 1.82) is 0 Å². The van der Waals surface area contributed by atoms with Gasteiger partial charge in [-0.3, -0.25) is 4.79 Å². The Balaban J connectivity index is 3.29. The number of rotatable bonds is 3. The van der Waals surface area contributed by atoms with Crippen molar-refractivity contribution in [1.82, 2.24) is 5.32 Å². The fraction of sp³-hybridized carbons (Fsp3) is 0.500. The number of nitrogens with one attached hydrogen (secondary N) is 1. The van der Waals surface area contributed by atoms with Gasteiger partial charge in [0.1, 0.15) is 0 Å². The van der Waals surface area contributed by atoms with Crippen LogP contribution in [-0.2, 0) is 4.79 Å². The maximum atomic E-state index is 9.92. The highest BCUT2D eigenvalue weighted by Gasteiger charge is 1.95. The SMILES string of the molecule is NN=C(N)NCCC(=O)O. The molecule has 0 rings (SSSR count). The van der Waals surface area contributed by atoms with E-state index in [0.717, 1.165) is 0 Å². The number of carboxylic acids is 1. The molecule has 0 aromatic carbocycles. The standard InChI is InChI=1S/C4H10N4O2/c5-4(8-6)7-2-1-3(9)10/h1-2,6H2,(H,9,10)(H3,5,7,8). The number of hydrogen-bond donors (Lipinski definition) is 4. The van der Waals surface area contributed by atoms with Crippen molar-refractivity contribution in [2.45, 2.75) is 6.42 Å². The second-order valence-corrected chi connectivity index (χ2v) is 1.58. The molecule has 0 heterocycles.